The highest BCUT2D eigenvalue weighted by Gasteiger charge is 2.26. The molecule has 7 heteroatoms. The average molecular weight is 427 g/mol. The molecule has 0 saturated heterocycles. The van der Waals surface area contributed by atoms with Crippen LogP contribution in [0, 0.1) is 0 Å². The standard InChI is InChI=1S/C20H15BrN2O4/c21-14-5-3-13(4-6-14)11-23-16-10-15(7-8-17(16)27-12-19(23)24)22-20(25)18-2-1-9-26-18/h1-10H,11-12H2,(H,22,25). The molecule has 0 saturated carbocycles. The molecule has 0 fully saturated rings. The van der Waals surface area contributed by atoms with E-state index in [1.807, 2.05) is 24.3 Å². The minimum atomic E-state index is -0.359. The van der Waals surface area contributed by atoms with Crippen LogP contribution in [0.3, 0.4) is 0 Å². The molecule has 0 radical (unpaired) electrons. The highest BCUT2D eigenvalue weighted by molar-refractivity contribution is 9.10. The van der Waals surface area contributed by atoms with Crippen LogP contribution in [0.4, 0.5) is 11.4 Å². The summed E-state index contributed by atoms with van der Waals surface area (Å²) in [5.74, 6) is 0.317. The number of benzene rings is 2. The first-order valence-electron chi connectivity index (χ1n) is 8.27. The Bertz CT molecular complexity index is 984. The molecule has 0 atom stereocenters. The molecule has 2 aromatic carbocycles. The summed E-state index contributed by atoms with van der Waals surface area (Å²) in [6.07, 6.45) is 1.44. The van der Waals surface area contributed by atoms with E-state index in [0.717, 1.165) is 10.0 Å². The molecule has 1 aromatic heterocycles. The Balaban J connectivity index is 1.61. The second kappa shape index (κ2) is 7.28. The van der Waals surface area contributed by atoms with Gasteiger partial charge in [-0.15, -0.1) is 0 Å². The number of carbonyl (C=O) groups is 2. The molecule has 6 nitrogen and oxygen atoms in total. The smallest absolute Gasteiger partial charge is 0.291 e. The SMILES string of the molecule is O=C(Nc1ccc2c(c1)N(Cc1ccc(Br)cc1)C(=O)CO2)c1ccco1. The molecule has 0 spiro atoms. The lowest BCUT2D eigenvalue weighted by Gasteiger charge is -2.30. The first-order valence-corrected chi connectivity index (χ1v) is 9.06. The molecule has 2 amide bonds. The van der Waals surface area contributed by atoms with Crippen LogP contribution in [0.25, 0.3) is 0 Å². The molecular formula is C20H15BrN2O4. The Kier molecular flexibility index (Phi) is 4.68. The van der Waals surface area contributed by atoms with Gasteiger partial charge in [-0.2, -0.15) is 0 Å². The molecule has 0 bridgehead atoms. The normalized spacial score (nSPS) is 13.1. The Hall–Kier alpha value is -3.06. The Morgan fingerprint density at radius 1 is 1.15 bits per heavy atom. The van der Waals surface area contributed by atoms with E-state index in [9.17, 15) is 9.59 Å². The highest BCUT2D eigenvalue weighted by atomic mass is 79.9. The maximum atomic E-state index is 12.4. The summed E-state index contributed by atoms with van der Waals surface area (Å²) in [6.45, 7) is 0.402. The number of fused-ring (bicyclic) bond motifs is 1. The zero-order valence-electron chi connectivity index (χ0n) is 14.1. The van der Waals surface area contributed by atoms with E-state index in [2.05, 4.69) is 21.2 Å². The largest absolute Gasteiger partial charge is 0.482 e. The molecule has 1 aliphatic heterocycles. The van der Waals surface area contributed by atoms with Gasteiger partial charge in [-0.3, -0.25) is 9.59 Å². The van der Waals surface area contributed by atoms with E-state index in [1.165, 1.54) is 6.26 Å². The topological polar surface area (TPSA) is 71.8 Å². The third-order valence-electron chi connectivity index (χ3n) is 4.16. The van der Waals surface area contributed by atoms with Gasteiger partial charge in [0, 0.05) is 10.2 Å². The van der Waals surface area contributed by atoms with Crippen molar-refractivity contribution in [2.45, 2.75) is 6.54 Å². The lowest BCUT2D eigenvalue weighted by Crippen LogP contribution is -2.38. The average Bonchev–Trinajstić information content (AvgIpc) is 3.21. The van der Waals surface area contributed by atoms with Crippen LogP contribution in [-0.2, 0) is 11.3 Å². The van der Waals surface area contributed by atoms with Crippen molar-refractivity contribution in [3.8, 4) is 5.75 Å². The van der Waals surface area contributed by atoms with Gasteiger partial charge in [-0.05, 0) is 48.0 Å². The summed E-state index contributed by atoms with van der Waals surface area (Å²) < 4.78 is 11.6. The predicted molar refractivity (Wildman–Crippen MR) is 104 cm³/mol. The number of nitrogens with one attached hydrogen (secondary N) is 1. The number of carbonyl (C=O) groups excluding carboxylic acids is 2. The number of rotatable bonds is 4. The molecule has 1 aliphatic rings. The third kappa shape index (κ3) is 3.73. The van der Waals surface area contributed by atoms with E-state index in [-0.39, 0.29) is 24.2 Å². The van der Waals surface area contributed by atoms with Gasteiger partial charge in [-0.1, -0.05) is 28.1 Å². The summed E-state index contributed by atoms with van der Waals surface area (Å²) in [6, 6.07) is 16.2. The van der Waals surface area contributed by atoms with Crippen molar-refractivity contribution < 1.29 is 18.7 Å². The molecule has 136 valence electrons. The molecule has 0 unspecified atom stereocenters. The first kappa shape index (κ1) is 17.4. The van der Waals surface area contributed by atoms with Gasteiger partial charge in [0.2, 0.25) is 0 Å². The maximum absolute atomic E-state index is 12.4. The number of ether oxygens (including phenoxy) is 1. The monoisotopic (exact) mass is 426 g/mol. The summed E-state index contributed by atoms with van der Waals surface area (Å²) >= 11 is 3.41. The Morgan fingerprint density at radius 2 is 1.96 bits per heavy atom. The van der Waals surface area contributed by atoms with Gasteiger partial charge in [0.25, 0.3) is 11.8 Å². The van der Waals surface area contributed by atoms with Gasteiger partial charge < -0.3 is 19.4 Å². The van der Waals surface area contributed by atoms with Crippen LogP contribution in [0.15, 0.2) is 69.8 Å². The summed E-state index contributed by atoms with van der Waals surface area (Å²) in [5, 5.41) is 2.77. The van der Waals surface area contributed by atoms with Crippen molar-refractivity contribution in [3.63, 3.8) is 0 Å². The second-order valence-electron chi connectivity index (χ2n) is 6.01. The van der Waals surface area contributed by atoms with Gasteiger partial charge in [-0.25, -0.2) is 0 Å². The number of hydrogen-bond donors (Lipinski definition) is 1. The molecule has 2 heterocycles. The van der Waals surface area contributed by atoms with Crippen molar-refractivity contribution in [1.82, 2.24) is 0 Å². The van der Waals surface area contributed by atoms with E-state index < -0.39 is 0 Å². The summed E-state index contributed by atoms with van der Waals surface area (Å²) in [4.78, 5) is 26.3. The maximum Gasteiger partial charge on any atom is 0.291 e. The lowest BCUT2D eigenvalue weighted by molar-refractivity contribution is -0.121. The fourth-order valence-corrected chi connectivity index (χ4v) is 3.09. The molecular weight excluding hydrogens is 412 g/mol. The zero-order valence-corrected chi connectivity index (χ0v) is 15.7. The quantitative estimate of drug-likeness (QED) is 0.677. The Morgan fingerprint density at radius 3 is 2.70 bits per heavy atom. The van der Waals surface area contributed by atoms with Crippen molar-refractivity contribution in [3.05, 3.63) is 76.7 Å². The fraction of sp³-hybridized carbons (Fsp3) is 0.100. The fourth-order valence-electron chi connectivity index (χ4n) is 2.83. The van der Waals surface area contributed by atoms with Crippen molar-refractivity contribution in [2.75, 3.05) is 16.8 Å². The number of nitrogens with zero attached hydrogens (tertiary/aromatic N) is 1. The minimum Gasteiger partial charge on any atom is -0.482 e. The van der Waals surface area contributed by atoms with Crippen LogP contribution in [0.5, 0.6) is 5.75 Å². The van der Waals surface area contributed by atoms with E-state index in [4.69, 9.17) is 9.15 Å². The number of halogens is 1. The predicted octanol–water partition coefficient (Wildman–Crippen LogP) is 4.22. The van der Waals surface area contributed by atoms with Crippen LogP contribution in [0.2, 0.25) is 0 Å². The molecule has 3 aromatic rings. The van der Waals surface area contributed by atoms with Gasteiger partial charge in [0.1, 0.15) is 5.75 Å². The summed E-state index contributed by atoms with van der Waals surface area (Å²) in [7, 11) is 0. The van der Waals surface area contributed by atoms with Crippen molar-refractivity contribution in [1.29, 1.82) is 0 Å². The van der Waals surface area contributed by atoms with Crippen molar-refractivity contribution in [2.24, 2.45) is 0 Å². The third-order valence-corrected chi connectivity index (χ3v) is 4.69. The van der Waals surface area contributed by atoms with Crippen LogP contribution < -0.4 is 15.0 Å². The number of anilines is 2. The molecule has 0 aliphatic carbocycles. The van der Waals surface area contributed by atoms with E-state index in [1.54, 1.807) is 35.2 Å². The lowest BCUT2D eigenvalue weighted by atomic mass is 10.1. The Labute approximate surface area is 163 Å². The highest BCUT2D eigenvalue weighted by Crippen LogP contribution is 2.35. The van der Waals surface area contributed by atoms with Gasteiger partial charge >= 0.3 is 0 Å². The van der Waals surface area contributed by atoms with Crippen molar-refractivity contribution >= 4 is 39.1 Å². The zero-order chi connectivity index (χ0) is 18.8. The van der Waals surface area contributed by atoms with E-state index in [0.29, 0.717) is 23.7 Å². The van der Waals surface area contributed by atoms with E-state index >= 15 is 0 Å². The van der Waals surface area contributed by atoms with Gasteiger partial charge in [0.05, 0.1) is 18.5 Å². The van der Waals surface area contributed by atoms with Gasteiger partial charge in [0.15, 0.2) is 12.4 Å². The number of furan rings is 1. The number of amides is 2. The minimum absolute atomic E-state index is 0.0123. The second-order valence-corrected chi connectivity index (χ2v) is 6.92. The van der Waals surface area contributed by atoms with Crippen LogP contribution >= 0.6 is 15.9 Å². The van der Waals surface area contributed by atoms with Crippen LogP contribution in [0.1, 0.15) is 16.1 Å². The molecule has 1 N–H and O–H groups in total. The first-order chi connectivity index (χ1) is 13.1. The molecule has 27 heavy (non-hydrogen) atoms. The van der Waals surface area contributed by atoms with Crippen LogP contribution in [-0.4, -0.2) is 18.4 Å². The number of hydrogen-bond acceptors (Lipinski definition) is 4. The molecule has 4 rings (SSSR count). The summed E-state index contributed by atoms with van der Waals surface area (Å²) in [5.41, 5.74) is 2.16.